The van der Waals surface area contributed by atoms with Crippen LogP contribution in [-0.2, 0) is 13.1 Å². The zero-order valence-corrected chi connectivity index (χ0v) is 11.1. The van der Waals surface area contributed by atoms with Crippen LogP contribution in [0.3, 0.4) is 0 Å². The molecular formula is C16H20N2. The van der Waals surface area contributed by atoms with Gasteiger partial charge in [-0.2, -0.15) is 0 Å². The summed E-state index contributed by atoms with van der Waals surface area (Å²) in [6.45, 7) is 1.94. The summed E-state index contributed by atoms with van der Waals surface area (Å²) in [5.41, 5.74) is 3.85. The highest BCUT2D eigenvalue weighted by Gasteiger charge is 2.02. The molecule has 0 saturated heterocycles. The van der Waals surface area contributed by atoms with Gasteiger partial charge < -0.3 is 5.32 Å². The summed E-state index contributed by atoms with van der Waals surface area (Å²) in [5.74, 6) is 0. The third kappa shape index (κ3) is 3.60. The summed E-state index contributed by atoms with van der Waals surface area (Å²) in [5, 5.41) is 3.17. The van der Waals surface area contributed by atoms with Crippen molar-refractivity contribution in [3.63, 3.8) is 0 Å². The van der Waals surface area contributed by atoms with Gasteiger partial charge in [0.2, 0.25) is 0 Å². The first-order valence-electron chi connectivity index (χ1n) is 6.27. The molecule has 0 fully saturated rings. The fourth-order valence-electron chi connectivity index (χ4n) is 2.09. The molecule has 0 heterocycles. The maximum absolute atomic E-state index is 3.17. The highest BCUT2D eigenvalue weighted by atomic mass is 15.1. The molecule has 0 amide bonds. The van der Waals surface area contributed by atoms with E-state index in [0.717, 1.165) is 13.1 Å². The first-order chi connectivity index (χ1) is 8.78. The Bertz CT molecular complexity index is 479. The molecule has 0 saturated carbocycles. The van der Waals surface area contributed by atoms with Crippen molar-refractivity contribution < 1.29 is 0 Å². The van der Waals surface area contributed by atoms with E-state index < -0.39 is 0 Å². The minimum Gasteiger partial charge on any atom is -0.388 e. The Balaban J connectivity index is 1.96. The van der Waals surface area contributed by atoms with E-state index in [-0.39, 0.29) is 0 Å². The van der Waals surface area contributed by atoms with E-state index >= 15 is 0 Å². The van der Waals surface area contributed by atoms with Crippen LogP contribution in [0.4, 0.5) is 5.69 Å². The molecule has 0 unspecified atom stereocenters. The van der Waals surface area contributed by atoms with Crippen LogP contribution in [0.2, 0.25) is 0 Å². The summed E-state index contributed by atoms with van der Waals surface area (Å²) in [4.78, 5) is 2.32. The normalized spacial score (nSPS) is 10.6. The van der Waals surface area contributed by atoms with Gasteiger partial charge in [0.25, 0.3) is 0 Å². The number of anilines is 1. The van der Waals surface area contributed by atoms with Gasteiger partial charge in [0.1, 0.15) is 0 Å². The van der Waals surface area contributed by atoms with Crippen molar-refractivity contribution in [2.75, 3.05) is 19.4 Å². The molecule has 0 aliphatic heterocycles. The van der Waals surface area contributed by atoms with Gasteiger partial charge in [-0.25, -0.2) is 0 Å². The zero-order chi connectivity index (χ0) is 12.8. The molecule has 0 atom stereocenters. The van der Waals surface area contributed by atoms with E-state index in [2.05, 4.69) is 71.9 Å². The average Bonchev–Trinajstić information content (AvgIpc) is 2.40. The average molecular weight is 240 g/mol. The van der Waals surface area contributed by atoms with Crippen molar-refractivity contribution in [2.45, 2.75) is 13.1 Å². The summed E-state index contributed by atoms with van der Waals surface area (Å²) in [7, 11) is 4.10. The molecule has 0 aliphatic carbocycles. The van der Waals surface area contributed by atoms with Gasteiger partial charge in [-0.15, -0.1) is 0 Å². The summed E-state index contributed by atoms with van der Waals surface area (Å²) in [6, 6.07) is 19.1. The largest absolute Gasteiger partial charge is 0.388 e. The highest BCUT2D eigenvalue weighted by Crippen LogP contribution is 2.12. The number of hydrogen-bond acceptors (Lipinski definition) is 2. The van der Waals surface area contributed by atoms with Crippen LogP contribution >= 0.6 is 0 Å². The Morgan fingerprint density at radius 1 is 0.889 bits per heavy atom. The smallest absolute Gasteiger partial charge is 0.0340 e. The van der Waals surface area contributed by atoms with E-state index in [1.54, 1.807) is 0 Å². The Morgan fingerprint density at radius 2 is 1.56 bits per heavy atom. The monoisotopic (exact) mass is 240 g/mol. The number of benzene rings is 2. The van der Waals surface area contributed by atoms with Gasteiger partial charge in [-0.3, -0.25) is 4.90 Å². The van der Waals surface area contributed by atoms with Crippen LogP contribution in [-0.4, -0.2) is 19.0 Å². The molecule has 94 valence electrons. The van der Waals surface area contributed by atoms with E-state index in [9.17, 15) is 0 Å². The van der Waals surface area contributed by atoms with E-state index in [4.69, 9.17) is 0 Å². The molecule has 0 aliphatic rings. The molecule has 1 N–H and O–H groups in total. The third-order valence-corrected chi connectivity index (χ3v) is 2.96. The zero-order valence-electron chi connectivity index (χ0n) is 11.1. The van der Waals surface area contributed by atoms with Gasteiger partial charge in [0.15, 0.2) is 0 Å². The lowest BCUT2D eigenvalue weighted by Gasteiger charge is -2.17. The number of rotatable bonds is 5. The molecule has 2 nitrogen and oxygen atoms in total. The Labute approximate surface area is 109 Å². The molecule has 2 rings (SSSR count). The topological polar surface area (TPSA) is 15.3 Å². The molecule has 18 heavy (non-hydrogen) atoms. The van der Waals surface area contributed by atoms with Crippen LogP contribution in [0, 0.1) is 0 Å². The van der Waals surface area contributed by atoms with Crippen molar-refractivity contribution >= 4 is 5.69 Å². The SMILES string of the molecule is CNc1cccc(CN(C)Cc2ccccc2)c1. The Kier molecular flexibility index (Phi) is 4.37. The van der Waals surface area contributed by atoms with E-state index in [1.807, 2.05) is 7.05 Å². The van der Waals surface area contributed by atoms with Gasteiger partial charge in [-0.1, -0.05) is 42.5 Å². The van der Waals surface area contributed by atoms with Crippen LogP contribution in [0.25, 0.3) is 0 Å². The predicted molar refractivity (Wildman–Crippen MR) is 77.6 cm³/mol. The summed E-state index contributed by atoms with van der Waals surface area (Å²) < 4.78 is 0. The van der Waals surface area contributed by atoms with E-state index in [1.165, 1.54) is 16.8 Å². The molecule has 2 aromatic rings. The lowest BCUT2D eigenvalue weighted by Crippen LogP contribution is -2.17. The van der Waals surface area contributed by atoms with Crippen LogP contribution in [0.5, 0.6) is 0 Å². The quantitative estimate of drug-likeness (QED) is 0.862. The van der Waals surface area contributed by atoms with Gasteiger partial charge in [0, 0.05) is 25.8 Å². The summed E-state index contributed by atoms with van der Waals surface area (Å²) in [6.07, 6.45) is 0. The lowest BCUT2D eigenvalue weighted by molar-refractivity contribution is 0.319. The Hall–Kier alpha value is -1.80. The fraction of sp³-hybridized carbons (Fsp3) is 0.250. The first kappa shape index (κ1) is 12.7. The second-order valence-electron chi connectivity index (χ2n) is 4.61. The highest BCUT2D eigenvalue weighted by molar-refractivity contribution is 5.44. The standard InChI is InChI=1S/C16H20N2/c1-17-16-10-6-9-15(11-16)13-18(2)12-14-7-4-3-5-8-14/h3-11,17H,12-13H2,1-2H3. The minimum absolute atomic E-state index is 0.963. The minimum atomic E-state index is 0.963. The third-order valence-electron chi connectivity index (χ3n) is 2.96. The lowest BCUT2D eigenvalue weighted by atomic mass is 10.1. The molecule has 0 aromatic heterocycles. The first-order valence-corrected chi connectivity index (χ1v) is 6.27. The summed E-state index contributed by atoms with van der Waals surface area (Å²) >= 11 is 0. The van der Waals surface area contributed by atoms with Crippen molar-refractivity contribution in [3.05, 3.63) is 65.7 Å². The number of nitrogens with one attached hydrogen (secondary N) is 1. The maximum Gasteiger partial charge on any atom is 0.0340 e. The second-order valence-corrected chi connectivity index (χ2v) is 4.61. The fourth-order valence-corrected chi connectivity index (χ4v) is 2.09. The molecule has 2 aromatic carbocycles. The molecular weight excluding hydrogens is 220 g/mol. The van der Waals surface area contributed by atoms with Gasteiger partial charge in [0.05, 0.1) is 0 Å². The van der Waals surface area contributed by atoms with Crippen LogP contribution < -0.4 is 5.32 Å². The molecule has 2 heteroatoms. The van der Waals surface area contributed by atoms with Gasteiger partial charge >= 0.3 is 0 Å². The second kappa shape index (κ2) is 6.22. The van der Waals surface area contributed by atoms with Crippen LogP contribution in [0.15, 0.2) is 54.6 Å². The Morgan fingerprint density at radius 3 is 2.28 bits per heavy atom. The molecule has 0 spiro atoms. The maximum atomic E-state index is 3.17. The van der Waals surface area contributed by atoms with Crippen LogP contribution in [0.1, 0.15) is 11.1 Å². The van der Waals surface area contributed by atoms with Gasteiger partial charge in [-0.05, 0) is 30.3 Å². The molecule has 0 bridgehead atoms. The van der Waals surface area contributed by atoms with Crippen molar-refractivity contribution in [1.29, 1.82) is 0 Å². The van der Waals surface area contributed by atoms with Crippen molar-refractivity contribution in [3.8, 4) is 0 Å². The van der Waals surface area contributed by atoms with E-state index in [0.29, 0.717) is 0 Å². The number of hydrogen-bond donors (Lipinski definition) is 1. The van der Waals surface area contributed by atoms with Crippen molar-refractivity contribution in [1.82, 2.24) is 4.90 Å². The predicted octanol–water partition coefficient (Wildman–Crippen LogP) is 3.36. The molecule has 0 radical (unpaired) electrons. The van der Waals surface area contributed by atoms with Crippen molar-refractivity contribution in [2.24, 2.45) is 0 Å². The number of nitrogens with zero attached hydrogens (tertiary/aromatic N) is 1.